The van der Waals surface area contributed by atoms with Gasteiger partial charge in [-0.3, -0.25) is 0 Å². The van der Waals surface area contributed by atoms with Crippen molar-refractivity contribution in [2.45, 2.75) is 26.3 Å². The number of aryl methyl sites for hydroxylation is 1. The van der Waals surface area contributed by atoms with Gasteiger partial charge in [0, 0.05) is 19.2 Å². The third-order valence-electron chi connectivity index (χ3n) is 3.28. The quantitative estimate of drug-likeness (QED) is 0.840. The lowest BCUT2D eigenvalue weighted by molar-refractivity contribution is 0.184. The first-order chi connectivity index (χ1) is 7.75. The number of ether oxygens (including phenoxy) is 1. The van der Waals surface area contributed by atoms with Crippen LogP contribution in [0.15, 0.2) is 24.3 Å². The molecule has 2 atom stereocenters. The maximum Gasteiger partial charge on any atom is 0.0507 e. The SMILES string of the molecule is Cc1cccc(C(C)NCC2CCOC2)c1. The van der Waals surface area contributed by atoms with Crippen molar-refractivity contribution in [2.24, 2.45) is 5.92 Å². The summed E-state index contributed by atoms with van der Waals surface area (Å²) in [6, 6.07) is 9.14. The topological polar surface area (TPSA) is 21.3 Å². The maximum atomic E-state index is 5.37. The molecule has 16 heavy (non-hydrogen) atoms. The van der Waals surface area contributed by atoms with Gasteiger partial charge in [-0.1, -0.05) is 29.8 Å². The van der Waals surface area contributed by atoms with Gasteiger partial charge in [0.05, 0.1) is 6.61 Å². The van der Waals surface area contributed by atoms with E-state index in [4.69, 9.17) is 4.74 Å². The molecule has 0 spiro atoms. The highest BCUT2D eigenvalue weighted by molar-refractivity contribution is 5.24. The second-order valence-electron chi connectivity index (χ2n) is 4.77. The lowest BCUT2D eigenvalue weighted by Crippen LogP contribution is -2.26. The smallest absolute Gasteiger partial charge is 0.0507 e. The second kappa shape index (κ2) is 5.46. The molecule has 1 aliphatic rings. The molecule has 1 aromatic carbocycles. The lowest BCUT2D eigenvalue weighted by atomic mass is 10.0. The standard InChI is InChI=1S/C14H21NO/c1-11-4-3-5-14(8-11)12(2)15-9-13-6-7-16-10-13/h3-5,8,12-13,15H,6-7,9-10H2,1-2H3. The Bertz CT molecular complexity index is 331. The molecule has 0 bridgehead atoms. The summed E-state index contributed by atoms with van der Waals surface area (Å²) in [5, 5.41) is 3.59. The first-order valence-electron chi connectivity index (χ1n) is 6.13. The zero-order valence-electron chi connectivity index (χ0n) is 10.2. The molecule has 1 aromatic rings. The van der Waals surface area contributed by atoms with Crippen LogP contribution in [0.3, 0.4) is 0 Å². The molecule has 1 fully saturated rings. The Hall–Kier alpha value is -0.860. The van der Waals surface area contributed by atoms with Crippen molar-refractivity contribution in [2.75, 3.05) is 19.8 Å². The average Bonchev–Trinajstić information content (AvgIpc) is 2.78. The predicted octanol–water partition coefficient (Wildman–Crippen LogP) is 2.68. The van der Waals surface area contributed by atoms with Gasteiger partial charge in [0.25, 0.3) is 0 Å². The van der Waals surface area contributed by atoms with Crippen molar-refractivity contribution < 1.29 is 4.74 Å². The van der Waals surface area contributed by atoms with E-state index in [2.05, 4.69) is 43.4 Å². The fourth-order valence-electron chi connectivity index (χ4n) is 2.15. The number of hydrogen-bond donors (Lipinski definition) is 1. The monoisotopic (exact) mass is 219 g/mol. The van der Waals surface area contributed by atoms with Gasteiger partial charge in [-0.15, -0.1) is 0 Å². The molecular formula is C14H21NO. The number of benzene rings is 1. The minimum atomic E-state index is 0.431. The molecular weight excluding hydrogens is 198 g/mol. The minimum Gasteiger partial charge on any atom is -0.381 e. The maximum absolute atomic E-state index is 5.37. The van der Waals surface area contributed by atoms with E-state index in [1.54, 1.807) is 0 Å². The van der Waals surface area contributed by atoms with Crippen LogP contribution in [0.4, 0.5) is 0 Å². The Kier molecular flexibility index (Phi) is 3.97. The normalized spacial score (nSPS) is 22.2. The zero-order valence-corrected chi connectivity index (χ0v) is 10.2. The van der Waals surface area contributed by atoms with Crippen molar-refractivity contribution in [1.29, 1.82) is 0 Å². The highest BCUT2D eigenvalue weighted by Gasteiger charge is 2.16. The van der Waals surface area contributed by atoms with Crippen molar-refractivity contribution in [3.8, 4) is 0 Å². The molecule has 0 amide bonds. The predicted molar refractivity (Wildman–Crippen MR) is 66.5 cm³/mol. The Morgan fingerprint density at radius 3 is 3.06 bits per heavy atom. The number of hydrogen-bond acceptors (Lipinski definition) is 2. The van der Waals surface area contributed by atoms with E-state index in [1.807, 2.05) is 0 Å². The lowest BCUT2D eigenvalue weighted by Gasteiger charge is -2.17. The Labute approximate surface area is 98.0 Å². The molecule has 88 valence electrons. The summed E-state index contributed by atoms with van der Waals surface area (Å²) in [6.45, 7) is 7.29. The molecule has 2 heteroatoms. The summed E-state index contributed by atoms with van der Waals surface area (Å²) in [4.78, 5) is 0. The van der Waals surface area contributed by atoms with Gasteiger partial charge >= 0.3 is 0 Å². The number of rotatable bonds is 4. The first-order valence-corrected chi connectivity index (χ1v) is 6.13. The van der Waals surface area contributed by atoms with Crippen LogP contribution in [0.2, 0.25) is 0 Å². The molecule has 2 unspecified atom stereocenters. The number of nitrogens with one attached hydrogen (secondary N) is 1. The van der Waals surface area contributed by atoms with Crippen molar-refractivity contribution in [3.05, 3.63) is 35.4 Å². The summed E-state index contributed by atoms with van der Waals surface area (Å²) < 4.78 is 5.37. The second-order valence-corrected chi connectivity index (χ2v) is 4.77. The van der Waals surface area contributed by atoms with Gasteiger partial charge < -0.3 is 10.1 Å². The first kappa shape index (κ1) is 11.6. The van der Waals surface area contributed by atoms with Gasteiger partial charge in [0.2, 0.25) is 0 Å². The van der Waals surface area contributed by atoms with Crippen LogP contribution in [-0.4, -0.2) is 19.8 Å². The van der Waals surface area contributed by atoms with E-state index in [-0.39, 0.29) is 0 Å². The van der Waals surface area contributed by atoms with E-state index in [0.717, 1.165) is 19.8 Å². The molecule has 1 N–H and O–H groups in total. The van der Waals surface area contributed by atoms with Crippen LogP contribution in [0.25, 0.3) is 0 Å². The molecule has 1 heterocycles. The van der Waals surface area contributed by atoms with Crippen LogP contribution in [0, 0.1) is 12.8 Å². The summed E-state index contributed by atoms with van der Waals surface area (Å²) >= 11 is 0. The van der Waals surface area contributed by atoms with E-state index >= 15 is 0 Å². The highest BCUT2D eigenvalue weighted by atomic mass is 16.5. The van der Waals surface area contributed by atoms with Gasteiger partial charge in [0.15, 0.2) is 0 Å². The van der Waals surface area contributed by atoms with Crippen molar-refractivity contribution in [1.82, 2.24) is 5.32 Å². The fraction of sp³-hybridized carbons (Fsp3) is 0.571. The molecule has 2 nitrogen and oxygen atoms in total. The molecule has 2 rings (SSSR count). The van der Waals surface area contributed by atoms with Crippen LogP contribution in [-0.2, 0) is 4.74 Å². The van der Waals surface area contributed by atoms with E-state index < -0.39 is 0 Å². The summed E-state index contributed by atoms with van der Waals surface area (Å²) in [7, 11) is 0. The van der Waals surface area contributed by atoms with E-state index in [0.29, 0.717) is 12.0 Å². The summed E-state index contributed by atoms with van der Waals surface area (Å²) in [5.41, 5.74) is 2.70. The Balaban J connectivity index is 1.85. The fourth-order valence-corrected chi connectivity index (χ4v) is 2.15. The third-order valence-corrected chi connectivity index (χ3v) is 3.28. The van der Waals surface area contributed by atoms with Crippen molar-refractivity contribution >= 4 is 0 Å². The molecule has 0 aliphatic carbocycles. The van der Waals surface area contributed by atoms with Crippen LogP contribution in [0.1, 0.15) is 30.5 Å². The summed E-state index contributed by atoms with van der Waals surface area (Å²) in [5.74, 6) is 0.701. The highest BCUT2D eigenvalue weighted by Crippen LogP contribution is 2.16. The van der Waals surface area contributed by atoms with E-state index in [9.17, 15) is 0 Å². The van der Waals surface area contributed by atoms with Crippen LogP contribution < -0.4 is 5.32 Å². The Morgan fingerprint density at radius 2 is 2.38 bits per heavy atom. The van der Waals surface area contributed by atoms with Gasteiger partial charge in [0.1, 0.15) is 0 Å². The third kappa shape index (κ3) is 3.06. The molecule has 1 saturated heterocycles. The van der Waals surface area contributed by atoms with Crippen LogP contribution >= 0.6 is 0 Å². The zero-order chi connectivity index (χ0) is 11.4. The summed E-state index contributed by atoms with van der Waals surface area (Å²) in [6.07, 6.45) is 1.20. The Morgan fingerprint density at radius 1 is 1.50 bits per heavy atom. The molecule has 0 saturated carbocycles. The molecule has 0 aromatic heterocycles. The average molecular weight is 219 g/mol. The van der Waals surface area contributed by atoms with Gasteiger partial charge in [-0.05, 0) is 31.7 Å². The van der Waals surface area contributed by atoms with Crippen LogP contribution in [0.5, 0.6) is 0 Å². The molecule has 0 radical (unpaired) electrons. The van der Waals surface area contributed by atoms with Crippen molar-refractivity contribution in [3.63, 3.8) is 0 Å². The molecule has 1 aliphatic heterocycles. The van der Waals surface area contributed by atoms with E-state index in [1.165, 1.54) is 17.5 Å². The van der Waals surface area contributed by atoms with Gasteiger partial charge in [-0.25, -0.2) is 0 Å². The largest absolute Gasteiger partial charge is 0.381 e. The van der Waals surface area contributed by atoms with Gasteiger partial charge in [-0.2, -0.15) is 0 Å². The minimum absolute atomic E-state index is 0.431.